The first-order valence-corrected chi connectivity index (χ1v) is 12.3. The second kappa shape index (κ2) is 9.69. The van der Waals surface area contributed by atoms with Crippen LogP contribution in [0.15, 0.2) is 41.8 Å². The minimum absolute atomic E-state index is 0.0176. The van der Waals surface area contributed by atoms with Gasteiger partial charge in [-0.05, 0) is 65.8 Å². The van der Waals surface area contributed by atoms with E-state index in [1.165, 1.54) is 28.7 Å². The molecule has 1 N–H and O–H groups in total. The maximum absolute atomic E-state index is 14.3. The molecule has 0 spiro atoms. The van der Waals surface area contributed by atoms with Crippen molar-refractivity contribution in [1.29, 1.82) is 0 Å². The number of halogens is 5. The molecule has 2 aliphatic rings. The van der Waals surface area contributed by atoms with Crippen molar-refractivity contribution in [3.05, 3.63) is 74.1 Å². The van der Waals surface area contributed by atoms with Crippen molar-refractivity contribution in [3.8, 4) is 0 Å². The van der Waals surface area contributed by atoms with Gasteiger partial charge in [0, 0.05) is 28.6 Å². The van der Waals surface area contributed by atoms with Gasteiger partial charge in [0.15, 0.2) is 0 Å². The minimum Gasteiger partial charge on any atom is -0.338 e. The highest BCUT2D eigenvalue weighted by Crippen LogP contribution is 2.60. The van der Waals surface area contributed by atoms with Gasteiger partial charge in [-0.3, -0.25) is 14.4 Å². The number of carbonyl (C=O) groups excluding carboxylic acids is 2. The molecule has 2 atom stereocenters. The van der Waals surface area contributed by atoms with Gasteiger partial charge in [0.1, 0.15) is 17.4 Å². The zero-order valence-electron chi connectivity index (χ0n) is 18.7. The van der Waals surface area contributed by atoms with E-state index in [2.05, 4.69) is 5.32 Å². The summed E-state index contributed by atoms with van der Waals surface area (Å²) in [7, 11) is 0. The number of carbonyl (C=O) groups is 2. The third kappa shape index (κ3) is 4.91. The maximum Gasteiger partial charge on any atom is 0.407 e. The summed E-state index contributed by atoms with van der Waals surface area (Å²) in [5.74, 6) is -0.783. The average Bonchev–Trinajstić information content (AvgIpc) is 3.38. The lowest BCUT2D eigenvalue weighted by molar-refractivity contribution is -0.160. The van der Waals surface area contributed by atoms with E-state index in [0.717, 1.165) is 0 Å². The summed E-state index contributed by atoms with van der Waals surface area (Å²) in [6.45, 7) is 3.87. The molecule has 2 aromatic carbocycles. The summed E-state index contributed by atoms with van der Waals surface area (Å²) >= 11 is 12.7. The van der Waals surface area contributed by atoms with Crippen LogP contribution >= 0.6 is 35.0 Å². The van der Waals surface area contributed by atoms with Crippen LogP contribution in [0.4, 0.5) is 13.2 Å². The van der Waals surface area contributed by atoms with Crippen molar-refractivity contribution in [2.75, 3.05) is 13.2 Å². The van der Waals surface area contributed by atoms with E-state index in [9.17, 15) is 22.8 Å². The van der Waals surface area contributed by atoms with Gasteiger partial charge in [-0.15, -0.1) is 11.8 Å². The number of likely N-dealkylation sites (N-methyl/N-ethyl adjacent to an activating group) is 1. The average molecular weight is 545 g/mol. The molecule has 2 amide bonds. The van der Waals surface area contributed by atoms with Crippen molar-refractivity contribution < 1.29 is 27.6 Å². The molecule has 2 unspecified atom stereocenters. The number of nitrogens with zero attached hydrogens (tertiary/aromatic N) is 1. The summed E-state index contributed by atoms with van der Waals surface area (Å²) in [4.78, 5) is 30.2. The largest absolute Gasteiger partial charge is 0.407 e. The Morgan fingerprint density at radius 2 is 1.91 bits per heavy atom. The number of aryl methyl sites for hydroxylation is 1. The quantitative estimate of drug-likeness (QED) is 0.491. The van der Waals surface area contributed by atoms with Crippen LogP contribution < -0.4 is 5.32 Å². The highest BCUT2D eigenvalue weighted by molar-refractivity contribution is 8.03. The molecule has 2 heterocycles. The van der Waals surface area contributed by atoms with Crippen LogP contribution in [0, 0.1) is 6.92 Å². The number of benzene rings is 2. The van der Waals surface area contributed by atoms with E-state index in [-0.39, 0.29) is 34.5 Å². The molecule has 5 nitrogen and oxygen atoms in total. The monoisotopic (exact) mass is 544 g/mol. The number of hydrogen-bond acceptors (Lipinski definition) is 4. The molecule has 2 aliphatic heterocycles. The fraction of sp³-hybridized carbons (Fsp3) is 0.333. The van der Waals surface area contributed by atoms with E-state index < -0.39 is 22.9 Å². The van der Waals surface area contributed by atoms with Crippen molar-refractivity contribution in [3.63, 3.8) is 0 Å². The Morgan fingerprint density at radius 1 is 1.23 bits per heavy atom. The van der Waals surface area contributed by atoms with E-state index in [0.29, 0.717) is 40.6 Å². The van der Waals surface area contributed by atoms with Crippen molar-refractivity contribution >= 4 is 52.4 Å². The van der Waals surface area contributed by atoms with Gasteiger partial charge >= 0.3 is 6.18 Å². The molecular formula is C24H21Cl2F3N2O3S. The summed E-state index contributed by atoms with van der Waals surface area (Å²) in [6.07, 6.45) is -4.88. The van der Waals surface area contributed by atoms with Crippen LogP contribution in [0.5, 0.6) is 0 Å². The molecule has 0 aromatic heterocycles. The second-order valence-corrected chi connectivity index (χ2v) is 10.3. The van der Waals surface area contributed by atoms with Gasteiger partial charge in [-0.2, -0.15) is 13.2 Å². The molecule has 4 rings (SSSR count). The fourth-order valence-corrected chi connectivity index (χ4v) is 5.87. The van der Waals surface area contributed by atoms with E-state index in [4.69, 9.17) is 28.0 Å². The summed E-state index contributed by atoms with van der Waals surface area (Å²) in [6, 6.07) is 8.01. The van der Waals surface area contributed by atoms with Crippen molar-refractivity contribution in [1.82, 2.24) is 10.4 Å². The molecule has 186 valence electrons. The number of rotatable bonds is 5. The van der Waals surface area contributed by atoms with Crippen LogP contribution in [-0.2, 0) is 14.4 Å². The van der Waals surface area contributed by atoms with E-state index >= 15 is 0 Å². The van der Waals surface area contributed by atoms with Crippen LogP contribution in [0.1, 0.15) is 40.4 Å². The third-order valence-electron chi connectivity index (χ3n) is 6.00. The normalized spacial score (nSPS) is 22.5. The van der Waals surface area contributed by atoms with E-state index in [1.54, 1.807) is 32.0 Å². The topological polar surface area (TPSA) is 58.6 Å². The lowest BCUT2D eigenvalue weighted by Gasteiger charge is -2.32. The van der Waals surface area contributed by atoms with Crippen LogP contribution in [-0.4, -0.2) is 42.2 Å². The van der Waals surface area contributed by atoms with Crippen LogP contribution in [0.2, 0.25) is 10.0 Å². The number of thioether (sulfide) groups is 1. The Labute approximate surface area is 214 Å². The van der Waals surface area contributed by atoms with Crippen molar-refractivity contribution in [2.24, 2.45) is 0 Å². The molecule has 0 radical (unpaired) electrons. The Kier molecular flexibility index (Phi) is 7.16. The zero-order valence-corrected chi connectivity index (χ0v) is 21.0. The third-order valence-corrected chi connectivity index (χ3v) is 7.86. The second-order valence-electron chi connectivity index (χ2n) is 8.31. The Balaban J connectivity index is 1.56. The predicted octanol–water partition coefficient (Wildman–Crippen LogP) is 6.13. The first-order valence-electron chi connectivity index (χ1n) is 10.7. The SMILES string of the molecule is CCN1OCC(NC(=O)c2ccc(C3=CSC(c4cc(Cl)cc(Cl)c4)(C(F)(F)F)C3)cc2C)C1=O. The number of allylic oxidation sites excluding steroid dienone is 1. The molecule has 11 heteroatoms. The predicted molar refractivity (Wildman–Crippen MR) is 130 cm³/mol. The van der Waals surface area contributed by atoms with Crippen molar-refractivity contribution in [2.45, 2.75) is 37.2 Å². The molecule has 0 aliphatic carbocycles. The lowest BCUT2D eigenvalue weighted by Crippen LogP contribution is -2.42. The van der Waals surface area contributed by atoms with Gasteiger partial charge in [0.25, 0.3) is 11.8 Å². The smallest absolute Gasteiger partial charge is 0.338 e. The number of nitrogens with one attached hydrogen (secondary N) is 1. The molecule has 1 saturated heterocycles. The molecular weight excluding hydrogens is 524 g/mol. The first-order chi connectivity index (χ1) is 16.4. The summed E-state index contributed by atoms with van der Waals surface area (Å²) in [5.41, 5.74) is 1.93. The lowest BCUT2D eigenvalue weighted by atomic mass is 9.87. The van der Waals surface area contributed by atoms with Crippen LogP contribution in [0.3, 0.4) is 0 Å². The molecule has 1 fully saturated rings. The Hall–Kier alpha value is -2.20. The van der Waals surface area contributed by atoms with Gasteiger partial charge in [0.05, 0.1) is 0 Å². The molecule has 0 saturated carbocycles. The molecule has 35 heavy (non-hydrogen) atoms. The number of hydrogen-bond donors (Lipinski definition) is 1. The van der Waals surface area contributed by atoms with Crippen LogP contribution in [0.25, 0.3) is 5.57 Å². The van der Waals surface area contributed by atoms with Gasteiger partial charge in [-0.1, -0.05) is 35.3 Å². The fourth-order valence-electron chi connectivity index (χ4n) is 4.16. The summed E-state index contributed by atoms with van der Waals surface area (Å²) in [5, 5.41) is 5.59. The highest BCUT2D eigenvalue weighted by atomic mass is 35.5. The Bertz CT molecular complexity index is 1200. The highest BCUT2D eigenvalue weighted by Gasteiger charge is 2.58. The number of hydroxylamine groups is 2. The standard InChI is InChI=1S/C24H21Cl2F3N2O3S/c1-3-31-22(33)20(11-34-31)30-21(32)19-5-4-14(6-13(19)2)15-10-23(35-12-15,24(27,28)29)16-7-17(25)9-18(26)8-16/h4-9,12,20H,3,10-11H2,1-2H3,(H,30,32). The van der Waals surface area contributed by atoms with Gasteiger partial charge in [0.2, 0.25) is 0 Å². The molecule has 2 aromatic rings. The number of amides is 2. The minimum atomic E-state index is -4.57. The van der Waals surface area contributed by atoms with E-state index in [1.807, 2.05) is 0 Å². The maximum atomic E-state index is 14.3. The number of alkyl halides is 3. The van der Waals surface area contributed by atoms with Gasteiger partial charge < -0.3 is 5.32 Å². The Morgan fingerprint density at radius 3 is 2.49 bits per heavy atom. The zero-order chi connectivity index (χ0) is 25.5. The van der Waals surface area contributed by atoms with Gasteiger partial charge in [-0.25, -0.2) is 5.06 Å². The molecule has 0 bridgehead atoms. The first kappa shape index (κ1) is 25.9. The summed E-state index contributed by atoms with van der Waals surface area (Å²) < 4.78 is 40.8.